The summed E-state index contributed by atoms with van der Waals surface area (Å²) in [4.78, 5) is 0. The molecule has 0 aliphatic heterocycles. The first-order valence-electron chi connectivity index (χ1n) is 4.22. The zero-order valence-electron chi connectivity index (χ0n) is 8.43. The molecule has 0 spiro atoms. The van der Waals surface area contributed by atoms with Gasteiger partial charge in [0.15, 0.2) is 0 Å². The lowest BCUT2D eigenvalue weighted by atomic mass is 9.98. The molecule has 86 valence electrons. The molecule has 0 fully saturated rings. The summed E-state index contributed by atoms with van der Waals surface area (Å²) in [6.45, 7) is 3.41. The Bertz CT molecular complexity index is 336. The molecule has 0 aliphatic carbocycles. The van der Waals surface area contributed by atoms with Crippen LogP contribution in [0.5, 0.6) is 0 Å². The minimum atomic E-state index is -4.38. The topological polar surface area (TPSA) is 26.0 Å². The van der Waals surface area contributed by atoms with Gasteiger partial charge in [-0.15, -0.1) is 12.4 Å². The number of alkyl halides is 3. The van der Waals surface area contributed by atoms with Gasteiger partial charge >= 0.3 is 6.18 Å². The summed E-state index contributed by atoms with van der Waals surface area (Å²) >= 11 is 0. The molecule has 0 saturated heterocycles. The lowest BCUT2D eigenvalue weighted by molar-refractivity contribution is -0.149. The predicted octanol–water partition coefficient (Wildman–Crippen LogP) is 3.29. The van der Waals surface area contributed by atoms with E-state index >= 15 is 0 Å². The SMILES string of the molecule is Cc1cccc([C@H](N)C(F)(F)F)c1C.Cl. The summed E-state index contributed by atoms with van der Waals surface area (Å²) in [5.74, 6) is 0. The van der Waals surface area contributed by atoms with Crippen molar-refractivity contribution < 1.29 is 13.2 Å². The number of nitrogens with two attached hydrogens (primary N) is 1. The van der Waals surface area contributed by atoms with E-state index in [1.54, 1.807) is 26.0 Å². The molecule has 1 aromatic carbocycles. The van der Waals surface area contributed by atoms with Crippen LogP contribution in [0, 0.1) is 13.8 Å². The highest BCUT2D eigenvalue weighted by Gasteiger charge is 2.38. The summed E-state index contributed by atoms with van der Waals surface area (Å²) in [7, 11) is 0. The van der Waals surface area contributed by atoms with E-state index in [4.69, 9.17) is 5.73 Å². The number of hydrogen-bond acceptors (Lipinski definition) is 1. The van der Waals surface area contributed by atoms with Crippen LogP contribution in [0.3, 0.4) is 0 Å². The Labute approximate surface area is 92.9 Å². The van der Waals surface area contributed by atoms with Crippen molar-refractivity contribution in [3.63, 3.8) is 0 Å². The molecule has 0 unspecified atom stereocenters. The molecule has 1 atom stereocenters. The van der Waals surface area contributed by atoms with Gasteiger partial charge in [-0.2, -0.15) is 13.2 Å². The van der Waals surface area contributed by atoms with Crippen molar-refractivity contribution in [2.45, 2.75) is 26.1 Å². The van der Waals surface area contributed by atoms with Gasteiger partial charge in [-0.05, 0) is 30.5 Å². The van der Waals surface area contributed by atoms with Crippen LogP contribution in [0.15, 0.2) is 18.2 Å². The second kappa shape index (κ2) is 4.86. The van der Waals surface area contributed by atoms with Gasteiger partial charge in [-0.3, -0.25) is 0 Å². The average Bonchev–Trinajstić information content (AvgIpc) is 2.07. The summed E-state index contributed by atoms with van der Waals surface area (Å²) < 4.78 is 37.0. The fraction of sp³-hybridized carbons (Fsp3) is 0.400. The van der Waals surface area contributed by atoms with E-state index in [2.05, 4.69) is 0 Å². The first-order chi connectivity index (χ1) is 6.34. The van der Waals surface area contributed by atoms with Crippen molar-refractivity contribution >= 4 is 12.4 Å². The molecule has 0 aliphatic rings. The minimum Gasteiger partial charge on any atom is -0.316 e. The fourth-order valence-corrected chi connectivity index (χ4v) is 1.29. The Morgan fingerprint density at radius 3 is 2.20 bits per heavy atom. The van der Waals surface area contributed by atoms with Gasteiger partial charge in [0.05, 0.1) is 0 Å². The van der Waals surface area contributed by atoms with Gasteiger partial charge in [0.2, 0.25) is 0 Å². The maximum atomic E-state index is 12.3. The highest BCUT2D eigenvalue weighted by atomic mass is 35.5. The zero-order chi connectivity index (χ0) is 10.9. The molecule has 1 aromatic rings. The van der Waals surface area contributed by atoms with E-state index in [9.17, 15) is 13.2 Å². The number of halogens is 4. The zero-order valence-corrected chi connectivity index (χ0v) is 9.25. The number of rotatable bonds is 1. The molecule has 15 heavy (non-hydrogen) atoms. The molecular formula is C10H13ClF3N. The number of hydrogen-bond donors (Lipinski definition) is 1. The molecular weight excluding hydrogens is 227 g/mol. The third kappa shape index (κ3) is 3.11. The Morgan fingerprint density at radius 1 is 1.20 bits per heavy atom. The third-order valence-electron chi connectivity index (χ3n) is 2.33. The van der Waals surface area contributed by atoms with Crippen LogP contribution in [0.4, 0.5) is 13.2 Å². The molecule has 1 nitrogen and oxygen atoms in total. The Kier molecular flexibility index (Phi) is 4.62. The Morgan fingerprint density at radius 2 is 1.73 bits per heavy atom. The van der Waals surface area contributed by atoms with Gasteiger partial charge < -0.3 is 5.73 Å². The normalized spacial score (nSPS) is 13.2. The number of aryl methyl sites for hydroxylation is 1. The molecule has 2 N–H and O–H groups in total. The molecule has 0 saturated carbocycles. The van der Waals surface area contributed by atoms with E-state index in [1.165, 1.54) is 6.07 Å². The van der Waals surface area contributed by atoms with Crippen LogP contribution in [-0.2, 0) is 0 Å². The molecule has 0 heterocycles. The predicted molar refractivity (Wildman–Crippen MR) is 56.1 cm³/mol. The smallest absolute Gasteiger partial charge is 0.316 e. The molecule has 0 amide bonds. The van der Waals surface area contributed by atoms with Crippen LogP contribution in [0.2, 0.25) is 0 Å². The monoisotopic (exact) mass is 239 g/mol. The standard InChI is InChI=1S/C10H12F3N.ClH/c1-6-4-3-5-8(7(6)2)9(14)10(11,12)13;/h3-5,9H,14H2,1-2H3;1H/t9-;/m0./s1. The molecule has 5 heteroatoms. The highest BCUT2D eigenvalue weighted by Crippen LogP contribution is 2.32. The van der Waals surface area contributed by atoms with Crippen molar-refractivity contribution in [1.82, 2.24) is 0 Å². The summed E-state index contributed by atoms with van der Waals surface area (Å²) in [5, 5.41) is 0. The van der Waals surface area contributed by atoms with Crippen molar-refractivity contribution in [3.8, 4) is 0 Å². The van der Waals surface area contributed by atoms with E-state index in [0.717, 1.165) is 5.56 Å². The van der Waals surface area contributed by atoms with E-state index in [-0.39, 0.29) is 18.0 Å². The quantitative estimate of drug-likeness (QED) is 0.800. The Balaban J connectivity index is 0.00000196. The number of benzene rings is 1. The van der Waals surface area contributed by atoms with Crippen LogP contribution in [0.25, 0.3) is 0 Å². The van der Waals surface area contributed by atoms with Gasteiger partial charge in [0.1, 0.15) is 6.04 Å². The maximum absolute atomic E-state index is 12.3. The van der Waals surface area contributed by atoms with Crippen LogP contribution in [0.1, 0.15) is 22.7 Å². The van der Waals surface area contributed by atoms with Gasteiger partial charge in [0.25, 0.3) is 0 Å². The highest BCUT2D eigenvalue weighted by molar-refractivity contribution is 5.85. The minimum absolute atomic E-state index is 0. The summed E-state index contributed by atoms with van der Waals surface area (Å²) in [6, 6.07) is 2.88. The molecule has 0 radical (unpaired) electrons. The van der Waals surface area contributed by atoms with Crippen molar-refractivity contribution in [2.24, 2.45) is 5.73 Å². The van der Waals surface area contributed by atoms with E-state index in [0.29, 0.717) is 5.56 Å². The Hall–Kier alpha value is -0.740. The van der Waals surface area contributed by atoms with Crippen LogP contribution < -0.4 is 5.73 Å². The van der Waals surface area contributed by atoms with Gasteiger partial charge in [-0.1, -0.05) is 18.2 Å². The lowest BCUT2D eigenvalue weighted by Gasteiger charge is -2.18. The summed E-state index contributed by atoms with van der Waals surface area (Å²) in [6.07, 6.45) is -4.38. The van der Waals surface area contributed by atoms with E-state index in [1.807, 2.05) is 0 Å². The van der Waals surface area contributed by atoms with Gasteiger partial charge in [-0.25, -0.2) is 0 Å². The first kappa shape index (κ1) is 14.3. The molecule has 1 rings (SSSR count). The van der Waals surface area contributed by atoms with Crippen molar-refractivity contribution in [2.75, 3.05) is 0 Å². The fourth-order valence-electron chi connectivity index (χ4n) is 1.29. The second-order valence-electron chi connectivity index (χ2n) is 3.31. The van der Waals surface area contributed by atoms with Crippen LogP contribution >= 0.6 is 12.4 Å². The molecule has 0 aromatic heterocycles. The average molecular weight is 240 g/mol. The van der Waals surface area contributed by atoms with Gasteiger partial charge in [0, 0.05) is 0 Å². The maximum Gasteiger partial charge on any atom is 0.407 e. The largest absolute Gasteiger partial charge is 0.407 e. The van der Waals surface area contributed by atoms with Crippen molar-refractivity contribution in [3.05, 3.63) is 34.9 Å². The third-order valence-corrected chi connectivity index (χ3v) is 2.33. The summed E-state index contributed by atoms with van der Waals surface area (Å²) in [5.41, 5.74) is 6.70. The lowest BCUT2D eigenvalue weighted by Crippen LogP contribution is -2.29. The first-order valence-corrected chi connectivity index (χ1v) is 4.22. The van der Waals surface area contributed by atoms with E-state index < -0.39 is 12.2 Å². The van der Waals surface area contributed by atoms with Crippen molar-refractivity contribution in [1.29, 1.82) is 0 Å². The second-order valence-corrected chi connectivity index (χ2v) is 3.31. The van der Waals surface area contributed by atoms with Crippen LogP contribution in [-0.4, -0.2) is 6.18 Å². The molecule has 0 bridgehead atoms.